The first-order valence-corrected chi connectivity index (χ1v) is 2.20. The number of ether oxygens (including phenoxy) is 1. The minimum Gasteiger partial charge on any atom is -0.547 e. The number of hydrogen-bond acceptors (Lipinski definition) is 5. The van der Waals surface area contributed by atoms with Crippen LogP contribution in [0.25, 0.3) is 0 Å². The predicted octanol–water partition coefficient (Wildman–Crippen LogP) is -9.74. The molecule has 0 bridgehead atoms. The smallest absolute Gasteiger partial charge is 0.547 e. The average Bonchev–Trinajstić information content (AvgIpc) is 2.39. The standard InChI is InChI=1S/C4H4O5.2Li/c5-3(6)1-2(9-1)4(7)8;;/h1-2H,(H,5,6)(H,7,8);;/q;2*+1/p-2/t1-,2+;;. The molecule has 0 aromatic rings. The van der Waals surface area contributed by atoms with Crippen LogP contribution in [0.15, 0.2) is 0 Å². The number of rotatable bonds is 2. The quantitative estimate of drug-likeness (QED) is 0.283. The van der Waals surface area contributed by atoms with E-state index in [0.717, 1.165) is 0 Å². The van der Waals surface area contributed by atoms with Crippen LogP contribution in [0.2, 0.25) is 0 Å². The molecular formula is C4H2Li2O5. The van der Waals surface area contributed by atoms with Crippen LogP contribution in [0, 0.1) is 0 Å². The summed E-state index contributed by atoms with van der Waals surface area (Å²) in [6, 6.07) is 0. The number of carbonyl (C=O) groups is 2. The number of carboxylic acid groups (broad SMARTS) is 2. The maximum absolute atomic E-state index is 9.75. The summed E-state index contributed by atoms with van der Waals surface area (Å²) >= 11 is 0. The van der Waals surface area contributed by atoms with Gasteiger partial charge in [-0.15, -0.1) is 0 Å². The molecule has 1 saturated heterocycles. The van der Waals surface area contributed by atoms with Crippen LogP contribution in [0.5, 0.6) is 0 Å². The van der Waals surface area contributed by atoms with Crippen LogP contribution in [0.3, 0.4) is 0 Å². The van der Waals surface area contributed by atoms with E-state index < -0.39 is 24.1 Å². The molecular weight excluding hydrogens is 142 g/mol. The Kier molecular flexibility index (Phi) is 6.05. The maximum atomic E-state index is 9.75. The summed E-state index contributed by atoms with van der Waals surface area (Å²) in [6.45, 7) is 0. The first-order chi connectivity index (χ1) is 4.13. The fraction of sp³-hybridized carbons (Fsp3) is 0.500. The molecule has 1 heterocycles. The van der Waals surface area contributed by atoms with Crippen molar-refractivity contribution in [3.8, 4) is 0 Å². The van der Waals surface area contributed by atoms with E-state index in [1.165, 1.54) is 0 Å². The van der Waals surface area contributed by atoms with E-state index in [2.05, 4.69) is 4.74 Å². The Hall–Kier alpha value is 0.0948. The minimum atomic E-state index is -1.51. The van der Waals surface area contributed by atoms with Gasteiger partial charge in [-0.25, -0.2) is 0 Å². The van der Waals surface area contributed by atoms with E-state index in [4.69, 9.17) is 0 Å². The van der Waals surface area contributed by atoms with Crippen molar-refractivity contribution in [3.63, 3.8) is 0 Å². The molecule has 1 rings (SSSR count). The second kappa shape index (κ2) is 4.87. The van der Waals surface area contributed by atoms with Crippen molar-refractivity contribution >= 4 is 11.9 Å². The van der Waals surface area contributed by atoms with E-state index >= 15 is 0 Å². The molecule has 0 radical (unpaired) electrons. The third-order valence-electron chi connectivity index (χ3n) is 0.956. The molecule has 0 spiro atoms. The molecule has 7 heteroatoms. The number of aliphatic carboxylic acids is 2. The predicted molar refractivity (Wildman–Crippen MR) is 18.7 cm³/mol. The van der Waals surface area contributed by atoms with Gasteiger partial charge in [0.05, 0.1) is 11.9 Å². The molecule has 0 N–H and O–H groups in total. The van der Waals surface area contributed by atoms with E-state index in [1.807, 2.05) is 0 Å². The monoisotopic (exact) mass is 144 g/mol. The topological polar surface area (TPSA) is 92.8 Å². The van der Waals surface area contributed by atoms with Gasteiger partial charge in [-0.05, 0) is 0 Å². The number of carboxylic acids is 2. The van der Waals surface area contributed by atoms with Crippen molar-refractivity contribution in [2.75, 3.05) is 0 Å². The zero-order valence-electron chi connectivity index (χ0n) is 6.20. The molecule has 50 valence electrons. The first kappa shape index (κ1) is 13.7. The van der Waals surface area contributed by atoms with Gasteiger partial charge < -0.3 is 24.5 Å². The fourth-order valence-electron chi connectivity index (χ4n) is 0.471. The summed E-state index contributed by atoms with van der Waals surface area (Å²) in [5, 5.41) is 19.5. The SMILES string of the molecule is O=C([O-])[C@H]1O[C@H]1C(=O)[O-].[Li+].[Li+]. The Morgan fingerprint density at radius 1 is 1.00 bits per heavy atom. The second-order valence-corrected chi connectivity index (χ2v) is 1.62. The van der Waals surface area contributed by atoms with Crippen molar-refractivity contribution in [2.45, 2.75) is 12.2 Å². The van der Waals surface area contributed by atoms with Gasteiger partial charge in [-0.2, -0.15) is 0 Å². The van der Waals surface area contributed by atoms with Gasteiger partial charge in [0.2, 0.25) is 0 Å². The summed E-state index contributed by atoms with van der Waals surface area (Å²) in [7, 11) is 0. The molecule has 1 aliphatic rings. The van der Waals surface area contributed by atoms with Gasteiger partial charge in [-0.3, -0.25) is 0 Å². The molecule has 1 aliphatic heterocycles. The molecule has 0 saturated carbocycles. The van der Waals surface area contributed by atoms with Crippen molar-refractivity contribution < 1.29 is 62.3 Å². The van der Waals surface area contributed by atoms with Gasteiger partial charge in [0.1, 0.15) is 12.2 Å². The summed E-state index contributed by atoms with van der Waals surface area (Å²) in [4.78, 5) is 19.5. The van der Waals surface area contributed by atoms with E-state index in [9.17, 15) is 19.8 Å². The van der Waals surface area contributed by atoms with Crippen molar-refractivity contribution in [1.29, 1.82) is 0 Å². The summed E-state index contributed by atoms with van der Waals surface area (Å²) < 4.78 is 4.12. The maximum Gasteiger partial charge on any atom is 1.00 e. The Labute approximate surface area is 86.4 Å². The van der Waals surface area contributed by atoms with Crippen LogP contribution in [0.1, 0.15) is 0 Å². The molecule has 0 aromatic carbocycles. The van der Waals surface area contributed by atoms with E-state index in [0.29, 0.717) is 0 Å². The van der Waals surface area contributed by atoms with Crippen LogP contribution < -0.4 is 47.9 Å². The second-order valence-electron chi connectivity index (χ2n) is 1.62. The normalized spacial score (nSPS) is 25.8. The molecule has 0 unspecified atom stereocenters. The van der Waals surface area contributed by atoms with Crippen molar-refractivity contribution in [3.05, 3.63) is 0 Å². The molecule has 0 amide bonds. The summed E-state index contributed by atoms with van der Waals surface area (Å²) in [5.74, 6) is -3.02. The average molecular weight is 144 g/mol. The zero-order chi connectivity index (χ0) is 7.02. The van der Waals surface area contributed by atoms with Crippen LogP contribution in [0.4, 0.5) is 0 Å². The van der Waals surface area contributed by atoms with Gasteiger partial charge in [-0.1, -0.05) is 0 Å². The van der Waals surface area contributed by atoms with Gasteiger partial charge in [0.25, 0.3) is 0 Å². The minimum absolute atomic E-state index is 0. The van der Waals surface area contributed by atoms with Gasteiger partial charge in [0.15, 0.2) is 0 Å². The molecule has 0 aliphatic carbocycles. The number of hydrogen-bond donors (Lipinski definition) is 0. The first-order valence-electron chi connectivity index (χ1n) is 2.20. The third kappa shape index (κ3) is 3.33. The zero-order valence-corrected chi connectivity index (χ0v) is 6.20. The van der Waals surface area contributed by atoms with Crippen LogP contribution >= 0.6 is 0 Å². The molecule has 11 heavy (non-hydrogen) atoms. The third-order valence-corrected chi connectivity index (χ3v) is 0.956. The molecule has 0 aromatic heterocycles. The molecule has 5 nitrogen and oxygen atoms in total. The Balaban J connectivity index is 0. The van der Waals surface area contributed by atoms with Gasteiger partial charge in [0, 0.05) is 0 Å². The summed E-state index contributed by atoms with van der Waals surface area (Å²) in [6.07, 6.45) is -2.59. The molecule has 2 atom stereocenters. The van der Waals surface area contributed by atoms with Crippen molar-refractivity contribution in [1.82, 2.24) is 0 Å². The fourth-order valence-corrected chi connectivity index (χ4v) is 0.471. The molecule has 1 fully saturated rings. The van der Waals surface area contributed by atoms with Crippen LogP contribution in [-0.4, -0.2) is 24.1 Å². The Bertz CT molecular complexity index is 152. The van der Waals surface area contributed by atoms with Crippen LogP contribution in [-0.2, 0) is 14.3 Å². The number of carbonyl (C=O) groups excluding carboxylic acids is 2. The Morgan fingerprint density at radius 3 is 1.36 bits per heavy atom. The Morgan fingerprint density at radius 2 is 1.27 bits per heavy atom. The number of epoxide rings is 1. The van der Waals surface area contributed by atoms with E-state index in [-0.39, 0.29) is 37.7 Å². The van der Waals surface area contributed by atoms with Gasteiger partial charge >= 0.3 is 37.7 Å². The summed E-state index contributed by atoms with van der Waals surface area (Å²) in [5.41, 5.74) is 0. The van der Waals surface area contributed by atoms with E-state index in [1.54, 1.807) is 0 Å². The largest absolute Gasteiger partial charge is 1.00 e. The van der Waals surface area contributed by atoms with Crippen molar-refractivity contribution in [2.24, 2.45) is 0 Å².